The van der Waals surface area contributed by atoms with Crippen LogP contribution in [0.2, 0.25) is 0 Å². The average Bonchev–Trinajstić information content (AvgIpc) is 2.58. The molecule has 0 unspecified atom stereocenters. The first-order chi connectivity index (χ1) is 12.1. The largest absolute Gasteiger partial charge is 0.501 e. The molecule has 0 atom stereocenters. The standard InChI is InChI=1S/C17H17F3N2O3S/c1-12-6-8-13(9-7-12)16(23)22-11-10-21-14-4-2-3-5-15(14)26(24,25)17(18,19)20/h2-9,21H,10-11H2,1H3,(H,22,23). The Morgan fingerprint density at radius 3 is 2.23 bits per heavy atom. The number of rotatable bonds is 6. The maximum atomic E-state index is 12.7. The van der Waals surface area contributed by atoms with Gasteiger partial charge < -0.3 is 10.6 Å². The molecule has 1 amide bonds. The van der Waals surface area contributed by atoms with Crippen molar-refractivity contribution < 1.29 is 26.4 Å². The van der Waals surface area contributed by atoms with Crippen molar-refractivity contribution in [2.45, 2.75) is 17.3 Å². The molecule has 0 aromatic heterocycles. The number of anilines is 1. The third-order valence-corrected chi connectivity index (χ3v) is 5.07. The second-order valence-electron chi connectivity index (χ2n) is 5.49. The zero-order valence-electron chi connectivity index (χ0n) is 13.8. The summed E-state index contributed by atoms with van der Waals surface area (Å²) in [6.07, 6.45) is 0. The van der Waals surface area contributed by atoms with Crippen molar-refractivity contribution in [3.05, 3.63) is 59.7 Å². The second-order valence-corrected chi connectivity index (χ2v) is 7.40. The Balaban J connectivity index is 1.99. The number of para-hydroxylation sites is 1. The van der Waals surface area contributed by atoms with E-state index in [1.54, 1.807) is 24.3 Å². The minimum Gasteiger partial charge on any atom is -0.382 e. The number of aryl methyl sites for hydroxylation is 1. The molecule has 9 heteroatoms. The maximum absolute atomic E-state index is 12.7. The number of amides is 1. The highest BCUT2D eigenvalue weighted by Crippen LogP contribution is 2.34. The number of halogens is 3. The third-order valence-electron chi connectivity index (χ3n) is 3.52. The summed E-state index contributed by atoms with van der Waals surface area (Å²) < 4.78 is 61.4. The van der Waals surface area contributed by atoms with E-state index in [4.69, 9.17) is 0 Å². The van der Waals surface area contributed by atoms with Crippen LogP contribution in [0.4, 0.5) is 18.9 Å². The first-order valence-electron chi connectivity index (χ1n) is 7.62. The number of hydrogen-bond acceptors (Lipinski definition) is 4. The number of carbonyl (C=O) groups is 1. The SMILES string of the molecule is Cc1ccc(C(=O)NCCNc2ccccc2S(=O)(=O)C(F)(F)F)cc1. The van der Waals surface area contributed by atoms with Gasteiger partial charge in [0.05, 0.1) is 10.6 Å². The molecule has 26 heavy (non-hydrogen) atoms. The second kappa shape index (κ2) is 7.77. The molecule has 0 radical (unpaired) electrons. The number of sulfone groups is 1. The molecule has 0 fully saturated rings. The monoisotopic (exact) mass is 386 g/mol. The highest BCUT2D eigenvalue weighted by atomic mass is 32.2. The van der Waals surface area contributed by atoms with Crippen LogP contribution in [-0.2, 0) is 9.84 Å². The number of hydrogen-bond donors (Lipinski definition) is 2. The Kier molecular flexibility index (Phi) is 5.91. The lowest BCUT2D eigenvalue weighted by Crippen LogP contribution is -2.29. The van der Waals surface area contributed by atoms with E-state index in [1.807, 2.05) is 6.92 Å². The Morgan fingerprint density at radius 2 is 1.62 bits per heavy atom. The van der Waals surface area contributed by atoms with Crippen LogP contribution < -0.4 is 10.6 Å². The normalized spacial score (nSPS) is 11.8. The fourth-order valence-electron chi connectivity index (χ4n) is 2.15. The van der Waals surface area contributed by atoms with Gasteiger partial charge in [0.1, 0.15) is 0 Å². The van der Waals surface area contributed by atoms with Crippen molar-refractivity contribution in [3.63, 3.8) is 0 Å². The molecule has 0 aliphatic heterocycles. The number of alkyl halides is 3. The van der Waals surface area contributed by atoms with Gasteiger partial charge in [0, 0.05) is 18.7 Å². The summed E-state index contributed by atoms with van der Waals surface area (Å²) in [5.41, 5.74) is -4.10. The topological polar surface area (TPSA) is 75.3 Å². The van der Waals surface area contributed by atoms with Crippen LogP contribution in [-0.4, -0.2) is 32.9 Å². The van der Waals surface area contributed by atoms with E-state index >= 15 is 0 Å². The predicted molar refractivity (Wildman–Crippen MR) is 91.7 cm³/mol. The Bertz CT molecular complexity index is 879. The van der Waals surface area contributed by atoms with E-state index in [2.05, 4.69) is 10.6 Å². The molecular weight excluding hydrogens is 369 g/mol. The van der Waals surface area contributed by atoms with Crippen LogP contribution in [0.15, 0.2) is 53.4 Å². The van der Waals surface area contributed by atoms with Crippen molar-refractivity contribution in [1.82, 2.24) is 5.32 Å². The van der Waals surface area contributed by atoms with Gasteiger partial charge in [-0.1, -0.05) is 29.8 Å². The van der Waals surface area contributed by atoms with Crippen LogP contribution in [0, 0.1) is 6.92 Å². The zero-order valence-corrected chi connectivity index (χ0v) is 14.6. The van der Waals surface area contributed by atoms with Crippen LogP contribution in [0.3, 0.4) is 0 Å². The van der Waals surface area contributed by atoms with Crippen LogP contribution >= 0.6 is 0 Å². The molecule has 2 aromatic rings. The quantitative estimate of drug-likeness (QED) is 0.748. The molecule has 0 saturated heterocycles. The summed E-state index contributed by atoms with van der Waals surface area (Å²) in [5, 5.41) is 5.22. The Labute approximate surface area is 149 Å². The van der Waals surface area contributed by atoms with Gasteiger partial charge in [0.15, 0.2) is 0 Å². The van der Waals surface area contributed by atoms with Gasteiger partial charge in [0.25, 0.3) is 15.7 Å². The molecule has 0 aliphatic carbocycles. The lowest BCUT2D eigenvalue weighted by molar-refractivity contribution is -0.0435. The van der Waals surface area contributed by atoms with E-state index in [1.165, 1.54) is 18.2 Å². The first kappa shape index (κ1) is 19.8. The molecule has 2 aromatic carbocycles. The van der Waals surface area contributed by atoms with E-state index < -0.39 is 20.2 Å². The summed E-state index contributed by atoms with van der Waals surface area (Å²) in [6.45, 7) is 2.05. The van der Waals surface area contributed by atoms with Gasteiger partial charge in [-0.15, -0.1) is 0 Å². The number of nitrogens with one attached hydrogen (secondary N) is 2. The summed E-state index contributed by atoms with van der Waals surface area (Å²) in [5.74, 6) is -0.331. The smallest absolute Gasteiger partial charge is 0.382 e. The van der Waals surface area contributed by atoms with Crippen molar-refractivity contribution in [3.8, 4) is 0 Å². The molecule has 2 N–H and O–H groups in total. The molecular formula is C17H17F3N2O3S. The summed E-state index contributed by atoms with van der Waals surface area (Å²) >= 11 is 0. The fraction of sp³-hybridized carbons (Fsp3) is 0.235. The van der Waals surface area contributed by atoms with Gasteiger partial charge >= 0.3 is 5.51 Å². The molecule has 0 spiro atoms. The molecule has 140 valence electrons. The molecule has 0 saturated carbocycles. The molecule has 2 rings (SSSR count). The van der Waals surface area contributed by atoms with Gasteiger partial charge in [-0.2, -0.15) is 13.2 Å². The Morgan fingerprint density at radius 1 is 1.00 bits per heavy atom. The van der Waals surface area contributed by atoms with Crippen molar-refractivity contribution in [1.29, 1.82) is 0 Å². The van der Waals surface area contributed by atoms with Gasteiger partial charge in [-0.25, -0.2) is 8.42 Å². The van der Waals surface area contributed by atoms with Crippen molar-refractivity contribution in [2.24, 2.45) is 0 Å². The van der Waals surface area contributed by atoms with E-state index in [0.29, 0.717) is 5.56 Å². The maximum Gasteiger partial charge on any atom is 0.501 e. The number of benzene rings is 2. The average molecular weight is 386 g/mol. The summed E-state index contributed by atoms with van der Waals surface area (Å²) in [7, 11) is -5.46. The lowest BCUT2D eigenvalue weighted by atomic mass is 10.1. The minimum atomic E-state index is -5.46. The zero-order chi connectivity index (χ0) is 19.4. The number of carbonyl (C=O) groups excluding carboxylic acids is 1. The minimum absolute atomic E-state index is 0.0575. The predicted octanol–water partition coefficient (Wildman–Crippen LogP) is 3.13. The first-order valence-corrected chi connectivity index (χ1v) is 9.10. The van der Waals surface area contributed by atoms with E-state index in [-0.39, 0.29) is 24.7 Å². The van der Waals surface area contributed by atoms with Gasteiger partial charge in [0.2, 0.25) is 0 Å². The van der Waals surface area contributed by atoms with E-state index in [9.17, 15) is 26.4 Å². The highest BCUT2D eigenvalue weighted by molar-refractivity contribution is 7.92. The van der Waals surface area contributed by atoms with Crippen LogP contribution in [0.1, 0.15) is 15.9 Å². The highest BCUT2D eigenvalue weighted by Gasteiger charge is 2.47. The molecule has 5 nitrogen and oxygen atoms in total. The van der Waals surface area contributed by atoms with Gasteiger partial charge in [-0.3, -0.25) is 4.79 Å². The van der Waals surface area contributed by atoms with Crippen molar-refractivity contribution >= 4 is 21.4 Å². The third kappa shape index (κ3) is 4.54. The van der Waals surface area contributed by atoms with Crippen LogP contribution in [0.25, 0.3) is 0 Å². The van der Waals surface area contributed by atoms with Gasteiger partial charge in [-0.05, 0) is 31.2 Å². The molecule has 0 heterocycles. The molecule has 0 bridgehead atoms. The molecule has 0 aliphatic rings. The Hall–Kier alpha value is -2.55. The summed E-state index contributed by atoms with van der Waals surface area (Å²) in [6, 6.07) is 11.6. The fourth-order valence-corrected chi connectivity index (χ4v) is 3.09. The van der Waals surface area contributed by atoms with Crippen molar-refractivity contribution in [2.75, 3.05) is 18.4 Å². The van der Waals surface area contributed by atoms with E-state index in [0.717, 1.165) is 11.6 Å². The lowest BCUT2D eigenvalue weighted by Gasteiger charge is -2.14. The van der Waals surface area contributed by atoms with Crippen LogP contribution in [0.5, 0.6) is 0 Å². The summed E-state index contributed by atoms with van der Waals surface area (Å²) in [4.78, 5) is 11.1.